The van der Waals surface area contributed by atoms with Crippen LogP contribution in [0.5, 0.6) is 0 Å². The lowest BCUT2D eigenvalue weighted by Gasteiger charge is -2.12. The maximum Gasteiger partial charge on any atom is 0.103 e. The molecule has 0 spiro atoms. The van der Waals surface area contributed by atoms with Gasteiger partial charge in [-0.15, -0.1) is 0 Å². The van der Waals surface area contributed by atoms with Crippen LogP contribution in [-0.4, -0.2) is 6.17 Å². The summed E-state index contributed by atoms with van der Waals surface area (Å²) in [5.41, 5.74) is 0. The predicted octanol–water partition coefficient (Wildman–Crippen LogP) is 3.42. The van der Waals surface area contributed by atoms with Crippen molar-refractivity contribution in [1.82, 2.24) is 0 Å². The molecule has 1 heteroatoms. The van der Waals surface area contributed by atoms with Gasteiger partial charge in [-0.1, -0.05) is 27.2 Å². The van der Waals surface area contributed by atoms with Gasteiger partial charge in [0.25, 0.3) is 0 Å². The summed E-state index contributed by atoms with van der Waals surface area (Å²) in [6.45, 7) is 6.50. The molecule has 1 aliphatic rings. The quantitative estimate of drug-likeness (QED) is 0.577. The average Bonchev–Trinajstić information content (AvgIpc) is 2.31. The van der Waals surface area contributed by atoms with Gasteiger partial charge in [0.15, 0.2) is 0 Å². The van der Waals surface area contributed by atoms with Gasteiger partial charge in [0.1, 0.15) is 6.17 Å². The molecule has 0 N–H and O–H groups in total. The molecule has 3 atom stereocenters. The summed E-state index contributed by atoms with van der Waals surface area (Å²) in [5.74, 6) is 1.68. The van der Waals surface area contributed by atoms with E-state index in [2.05, 4.69) is 20.8 Å². The number of hydrogen-bond donors (Lipinski definition) is 0. The molecule has 0 nitrogen and oxygen atoms in total. The zero-order valence-corrected chi connectivity index (χ0v) is 7.81. The molecule has 1 saturated carbocycles. The van der Waals surface area contributed by atoms with E-state index < -0.39 is 6.17 Å². The number of rotatable bonds is 2. The maximum atomic E-state index is 13.2. The van der Waals surface area contributed by atoms with Crippen LogP contribution in [0.25, 0.3) is 0 Å². The number of alkyl halides is 1. The predicted molar refractivity (Wildman–Crippen MR) is 46.2 cm³/mol. The van der Waals surface area contributed by atoms with Gasteiger partial charge in [0.05, 0.1) is 0 Å². The Labute approximate surface area is 69.2 Å². The van der Waals surface area contributed by atoms with Gasteiger partial charge >= 0.3 is 0 Å². The Morgan fingerprint density at radius 2 is 2.00 bits per heavy atom. The molecule has 0 radical (unpaired) electrons. The number of halogens is 1. The standard InChI is InChI=1S/C10H19F/c1-4-8-5-9(7(2)3)6-10(8)11/h7-10H,4-6H2,1-3H3/t8?,9?,10-/m1/s1. The summed E-state index contributed by atoms with van der Waals surface area (Å²) in [4.78, 5) is 0. The molecule has 0 heterocycles. The van der Waals surface area contributed by atoms with Crippen molar-refractivity contribution >= 4 is 0 Å². The molecule has 2 unspecified atom stereocenters. The van der Waals surface area contributed by atoms with E-state index in [1.807, 2.05) is 0 Å². The summed E-state index contributed by atoms with van der Waals surface area (Å²) >= 11 is 0. The highest BCUT2D eigenvalue weighted by Gasteiger charge is 2.34. The second kappa shape index (κ2) is 3.55. The Bertz CT molecular complexity index is 120. The fourth-order valence-corrected chi connectivity index (χ4v) is 2.08. The second-order valence-corrected chi connectivity index (χ2v) is 4.16. The van der Waals surface area contributed by atoms with Crippen LogP contribution in [0.15, 0.2) is 0 Å². The first-order chi connectivity index (χ1) is 5.15. The molecular formula is C10H19F. The van der Waals surface area contributed by atoms with E-state index in [4.69, 9.17) is 0 Å². The molecule has 0 aromatic rings. The van der Waals surface area contributed by atoms with Crippen molar-refractivity contribution in [2.45, 2.75) is 46.2 Å². The van der Waals surface area contributed by atoms with Crippen molar-refractivity contribution in [2.75, 3.05) is 0 Å². The van der Waals surface area contributed by atoms with Gasteiger partial charge < -0.3 is 0 Å². The van der Waals surface area contributed by atoms with Gasteiger partial charge in [-0.05, 0) is 30.6 Å². The van der Waals surface area contributed by atoms with E-state index in [1.165, 1.54) is 0 Å². The summed E-state index contributed by atoms with van der Waals surface area (Å²) in [5, 5.41) is 0. The molecule has 11 heavy (non-hydrogen) atoms. The van der Waals surface area contributed by atoms with Crippen LogP contribution in [0.3, 0.4) is 0 Å². The molecule has 0 aromatic carbocycles. The Kier molecular flexibility index (Phi) is 2.91. The van der Waals surface area contributed by atoms with Gasteiger partial charge in [0, 0.05) is 0 Å². The maximum absolute atomic E-state index is 13.2. The molecule has 1 rings (SSSR count). The lowest BCUT2D eigenvalue weighted by Crippen LogP contribution is -2.05. The van der Waals surface area contributed by atoms with E-state index in [9.17, 15) is 4.39 Å². The molecule has 0 saturated heterocycles. The van der Waals surface area contributed by atoms with Crippen molar-refractivity contribution in [3.8, 4) is 0 Å². The molecule has 66 valence electrons. The zero-order valence-electron chi connectivity index (χ0n) is 7.81. The van der Waals surface area contributed by atoms with Crippen molar-refractivity contribution in [1.29, 1.82) is 0 Å². The average molecular weight is 158 g/mol. The fourth-order valence-electron chi connectivity index (χ4n) is 2.08. The van der Waals surface area contributed by atoms with Gasteiger partial charge in [-0.2, -0.15) is 0 Å². The highest BCUT2D eigenvalue weighted by molar-refractivity contribution is 4.83. The molecule has 0 aliphatic heterocycles. The van der Waals surface area contributed by atoms with E-state index in [-0.39, 0.29) is 0 Å². The first-order valence-electron chi connectivity index (χ1n) is 4.79. The van der Waals surface area contributed by atoms with Crippen LogP contribution in [0.2, 0.25) is 0 Å². The minimum Gasteiger partial charge on any atom is -0.247 e. The lowest BCUT2D eigenvalue weighted by atomic mass is 9.93. The Hall–Kier alpha value is -0.0700. The summed E-state index contributed by atoms with van der Waals surface area (Å²) < 4.78 is 13.2. The normalized spacial score (nSPS) is 38.5. The summed E-state index contributed by atoms with van der Waals surface area (Å²) in [7, 11) is 0. The van der Waals surface area contributed by atoms with Crippen LogP contribution >= 0.6 is 0 Å². The van der Waals surface area contributed by atoms with Gasteiger partial charge in [-0.3, -0.25) is 0 Å². The lowest BCUT2D eigenvalue weighted by molar-refractivity contribution is 0.255. The van der Waals surface area contributed by atoms with E-state index in [0.717, 1.165) is 19.3 Å². The van der Waals surface area contributed by atoms with Crippen molar-refractivity contribution < 1.29 is 4.39 Å². The Balaban J connectivity index is 2.43. The van der Waals surface area contributed by atoms with E-state index in [1.54, 1.807) is 0 Å². The highest BCUT2D eigenvalue weighted by Crippen LogP contribution is 2.39. The van der Waals surface area contributed by atoms with Crippen LogP contribution in [-0.2, 0) is 0 Å². The molecule has 0 bridgehead atoms. The third-order valence-electron chi connectivity index (χ3n) is 3.11. The van der Waals surface area contributed by atoms with Crippen molar-refractivity contribution in [2.24, 2.45) is 17.8 Å². The van der Waals surface area contributed by atoms with Crippen LogP contribution in [0.1, 0.15) is 40.0 Å². The Morgan fingerprint density at radius 3 is 2.27 bits per heavy atom. The molecule has 0 amide bonds. The Morgan fingerprint density at radius 1 is 1.36 bits per heavy atom. The van der Waals surface area contributed by atoms with Crippen molar-refractivity contribution in [3.63, 3.8) is 0 Å². The van der Waals surface area contributed by atoms with Gasteiger partial charge in [0.2, 0.25) is 0 Å². The minimum absolute atomic E-state index is 0.363. The third kappa shape index (κ3) is 1.94. The minimum atomic E-state index is -0.507. The van der Waals surface area contributed by atoms with Gasteiger partial charge in [-0.25, -0.2) is 4.39 Å². The second-order valence-electron chi connectivity index (χ2n) is 4.16. The van der Waals surface area contributed by atoms with Crippen LogP contribution in [0, 0.1) is 17.8 Å². The molecule has 0 aromatic heterocycles. The van der Waals surface area contributed by atoms with E-state index >= 15 is 0 Å². The van der Waals surface area contributed by atoms with Crippen molar-refractivity contribution in [3.05, 3.63) is 0 Å². The first kappa shape index (κ1) is 9.02. The molecular weight excluding hydrogens is 139 g/mol. The topological polar surface area (TPSA) is 0 Å². The van der Waals surface area contributed by atoms with E-state index in [0.29, 0.717) is 17.8 Å². The molecule has 1 fully saturated rings. The smallest absolute Gasteiger partial charge is 0.103 e. The first-order valence-corrected chi connectivity index (χ1v) is 4.79. The van der Waals surface area contributed by atoms with Crippen LogP contribution < -0.4 is 0 Å². The number of hydrogen-bond acceptors (Lipinski definition) is 0. The zero-order chi connectivity index (χ0) is 8.43. The summed E-state index contributed by atoms with van der Waals surface area (Å²) in [6.07, 6.45) is 2.45. The highest BCUT2D eigenvalue weighted by atomic mass is 19.1. The largest absolute Gasteiger partial charge is 0.247 e. The summed E-state index contributed by atoms with van der Waals surface area (Å²) in [6, 6.07) is 0. The fraction of sp³-hybridized carbons (Fsp3) is 1.00. The monoisotopic (exact) mass is 158 g/mol. The third-order valence-corrected chi connectivity index (χ3v) is 3.11. The van der Waals surface area contributed by atoms with Crippen LogP contribution in [0.4, 0.5) is 4.39 Å². The SMILES string of the molecule is CCC1CC(C(C)C)C[C@H]1F. The molecule has 1 aliphatic carbocycles.